The lowest BCUT2D eigenvalue weighted by atomic mass is 10.0. The van der Waals surface area contributed by atoms with Crippen LogP contribution in [0.2, 0.25) is 0 Å². The molecule has 0 bridgehead atoms. The van der Waals surface area contributed by atoms with Crippen LogP contribution in [0.4, 0.5) is 0 Å². The predicted molar refractivity (Wildman–Crippen MR) is 70.5 cm³/mol. The molecule has 4 N–H and O–H groups in total. The van der Waals surface area contributed by atoms with Crippen molar-refractivity contribution in [2.75, 3.05) is 13.2 Å². The molecule has 0 spiro atoms. The largest absolute Gasteiger partial charge is 0.388 e. The maximum atomic E-state index is 11.6. The van der Waals surface area contributed by atoms with Crippen molar-refractivity contribution in [3.63, 3.8) is 0 Å². The Morgan fingerprint density at radius 1 is 1.35 bits per heavy atom. The Labute approximate surface area is 118 Å². The fourth-order valence-corrected chi connectivity index (χ4v) is 2.82. The van der Waals surface area contributed by atoms with E-state index in [0.29, 0.717) is 13.2 Å². The first-order chi connectivity index (χ1) is 9.45. The van der Waals surface area contributed by atoms with Crippen LogP contribution in [0.15, 0.2) is 0 Å². The molecule has 7 heteroatoms. The summed E-state index contributed by atoms with van der Waals surface area (Å²) >= 11 is 0. The van der Waals surface area contributed by atoms with Gasteiger partial charge in [-0.1, -0.05) is 0 Å². The molecule has 0 aromatic heterocycles. The first-order valence-electron chi connectivity index (χ1n) is 7.13. The normalized spacial score (nSPS) is 39.5. The Morgan fingerprint density at radius 3 is 2.65 bits per heavy atom. The zero-order valence-electron chi connectivity index (χ0n) is 12.0. The summed E-state index contributed by atoms with van der Waals surface area (Å²) in [6, 6.07) is -0.624. The maximum absolute atomic E-state index is 11.6. The minimum atomic E-state index is -1.20. The van der Waals surface area contributed by atoms with Gasteiger partial charge in [0.15, 0.2) is 0 Å². The van der Waals surface area contributed by atoms with E-state index in [4.69, 9.17) is 15.2 Å². The van der Waals surface area contributed by atoms with E-state index in [-0.39, 0.29) is 5.91 Å². The monoisotopic (exact) mass is 288 g/mol. The van der Waals surface area contributed by atoms with Crippen molar-refractivity contribution in [1.82, 2.24) is 4.90 Å². The van der Waals surface area contributed by atoms with Crippen molar-refractivity contribution >= 4 is 5.91 Å². The lowest BCUT2D eigenvalue weighted by molar-refractivity contribution is -0.263. The molecule has 20 heavy (non-hydrogen) atoms. The summed E-state index contributed by atoms with van der Waals surface area (Å²) in [7, 11) is 0. The van der Waals surface area contributed by atoms with E-state index in [2.05, 4.69) is 0 Å². The third-order valence-electron chi connectivity index (χ3n) is 3.93. The predicted octanol–water partition coefficient (Wildman–Crippen LogP) is -0.843. The molecule has 0 saturated carbocycles. The van der Waals surface area contributed by atoms with Gasteiger partial charge >= 0.3 is 0 Å². The van der Waals surface area contributed by atoms with E-state index in [1.54, 1.807) is 6.92 Å². The van der Waals surface area contributed by atoms with Crippen LogP contribution in [0.5, 0.6) is 0 Å². The quantitative estimate of drug-likeness (QED) is 0.435. The van der Waals surface area contributed by atoms with Gasteiger partial charge in [-0.15, -0.1) is 0 Å². The van der Waals surface area contributed by atoms with Gasteiger partial charge in [-0.3, -0.25) is 9.69 Å². The van der Waals surface area contributed by atoms with E-state index < -0.39 is 30.3 Å². The fourth-order valence-electron chi connectivity index (χ4n) is 2.82. The molecule has 7 nitrogen and oxygen atoms in total. The van der Waals surface area contributed by atoms with E-state index >= 15 is 0 Å². The van der Waals surface area contributed by atoms with Crippen LogP contribution in [0.1, 0.15) is 33.1 Å². The Balaban J connectivity index is 1.98. The Morgan fingerprint density at radius 2 is 2.05 bits per heavy atom. The molecule has 0 aromatic rings. The summed E-state index contributed by atoms with van der Waals surface area (Å²) in [6.45, 7) is 4.12. The molecule has 116 valence electrons. The van der Waals surface area contributed by atoms with E-state index in [9.17, 15) is 15.0 Å². The molecule has 4 unspecified atom stereocenters. The second-order valence-corrected chi connectivity index (χ2v) is 5.47. The van der Waals surface area contributed by atoms with Crippen molar-refractivity contribution in [1.29, 1.82) is 0 Å². The van der Waals surface area contributed by atoms with Gasteiger partial charge in [0, 0.05) is 6.92 Å². The standard InChI is InChI=1S/C13H24N2O5/c1-8-10(17)11(18)12-13(20-8,15(12)9(2)16)19-7-5-3-4-6-14/h8,10-12,17-18H,3-7,14H2,1-2H3/t8?,10-,11?,12?,13?,15?/m1/s1. The molecule has 1 amide bonds. The SMILES string of the molecule is CC(=O)N1C2C(O)[C@H](O)C(C)OC21OCCCCCN. The molecule has 0 aromatic carbocycles. The number of carbonyl (C=O) groups is 1. The van der Waals surface area contributed by atoms with Crippen LogP contribution in [-0.4, -0.2) is 64.4 Å². The van der Waals surface area contributed by atoms with Gasteiger partial charge in [0.05, 0.1) is 12.7 Å². The summed E-state index contributed by atoms with van der Waals surface area (Å²) in [5.41, 5.74) is 5.42. The summed E-state index contributed by atoms with van der Waals surface area (Å²) in [5.74, 6) is -1.44. The van der Waals surface area contributed by atoms with Crippen LogP contribution in [-0.2, 0) is 14.3 Å². The van der Waals surface area contributed by atoms with Crippen molar-refractivity contribution in [3.8, 4) is 0 Å². The topological polar surface area (TPSA) is 105 Å². The molecule has 2 rings (SSSR count). The van der Waals surface area contributed by atoms with Crippen LogP contribution in [0.3, 0.4) is 0 Å². The minimum absolute atomic E-state index is 0.239. The second-order valence-electron chi connectivity index (χ2n) is 5.47. The van der Waals surface area contributed by atoms with Crippen molar-refractivity contribution in [3.05, 3.63) is 0 Å². The highest BCUT2D eigenvalue weighted by molar-refractivity contribution is 5.78. The number of aliphatic hydroxyl groups is 2. The molecule has 2 aliphatic heterocycles. The number of rotatable bonds is 6. The highest BCUT2D eigenvalue weighted by Gasteiger charge is 2.75. The van der Waals surface area contributed by atoms with E-state index in [1.165, 1.54) is 11.8 Å². The van der Waals surface area contributed by atoms with Crippen molar-refractivity contribution in [2.45, 2.75) is 63.4 Å². The summed E-state index contributed by atoms with van der Waals surface area (Å²) in [4.78, 5) is 13.0. The zero-order chi connectivity index (χ0) is 14.9. The molecular formula is C13H24N2O5. The molecule has 5 atom stereocenters. The fraction of sp³-hybridized carbons (Fsp3) is 0.923. The van der Waals surface area contributed by atoms with Crippen LogP contribution < -0.4 is 5.73 Å². The zero-order valence-corrected chi connectivity index (χ0v) is 12.0. The Bertz CT molecular complexity index is 367. The number of aliphatic hydroxyl groups excluding tert-OH is 2. The number of hydrogen-bond donors (Lipinski definition) is 3. The van der Waals surface area contributed by atoms with E-state index in [1.807, 2.05) is 0 Å². The smallest absolute Gasteiger partial charge is 0.279 e. The lowest BCUT2D eigenvalue weighted by Gasteiger charge is -2.32. The van der Waals surface area contributed by atoms with Gasteiger partial charge in [-0.05, 0) is 32.7 Å². The van der Waals surface area contributed by atoms with Gasteiger partial charge in [-0.25, -0.2) is 0 Å². The van der Waals surface area contributed by atoms with Gasteiger partial charge in [0.25, 0.3) is 5.91 Å². The number of carbonyl (C=O) groups excluding carboxylic acids is 1. The second kappa shape index (κ2) is 5.95. The summed E-state index contributed by atoms with van der Waals surface area (Å²) < 4.78 is 11.4. The molecule has 0 aliphatic carbocycles. The molecule has 2 heterocycles. The highest BCUT2D eigenvalue weighted by Crippen LogP contribution is 2.50. The highest BCUT2D eigenvalue weighted by atomic mass is 16.8. The summed E-state index contributed by atoms with van der Waals surface area (Å²) in [5, 5.41) is 19.9. The average Bonchev–Trinajstić information content (AvgIpc) is 3.05. The number of ether oxygens (including phenoxy) is 2. The van der Waals surface area contributed by atoms with Gasteiger partial charge in [-0.2, -0.15) is 0 Å². The van der Waals surface area contributed by atoms with E-state index in [0.717, 1.165) is 19.3 Å². The molecule has 2 saturated heterocycles. The Hall–Kier alpha value is -0.730. The number of amides is 1. The molecule has 2 aliphatic rings. The number of hydrogen-bond acceptors (Lipinski definition) is 6. The summed E-state index contributed by atoms with van der Waals surface area (Å²) in [6.07, 6.45) is 0.0281. The first kappa shape index (κ1) is 15.7. The third kappa shape index (κ3) is 2.56. The molecular weight excluding hydrogens is 264 g/mol. The average molecular weight is 288 g/mol. The van der Waals surface area contributed by atoms with Crippen molar-refractivity contribution < 1.29 is 24.5 Å². The lowest BCUT2D eigenvalue weighted by Crippen LogP contribution is -2.51. The number of nitrogens with zero attached hydrogens (tertiary/aromatic N) is 1. The Kier molecular flexibility index (Phi) is 4.66. The van der Waals surface area contributed by atoms with Gasteiger partial charge in [0.2, 0.25) is 5.91 Å². The van der Waals surface area contributed by atoms with Crippen LogP contribution in [0, 0.1) is 0 Å². The van der Waals surface area contributed by atoms with Crippen molar-refractivity contribution in [2.24, 2.45) is 5.73 Å². The van der Waals surface area contributed by atoms with Crippen LogP contribution >= 0.6 is 0 Å². The number of fused-ring (bicyclic) bond motifs is 1. The number of unbranched alkanes of at least 4 members (excludes halogenated alkanes) is 2. The maximum Gasteiger partial charge on any atom is 0.279 e. The molecule has 2 fully saturated rings. The van der Waals surface area contributed by atoms with Gasteiger partial charge in [0.1, 0.15) is 18.2 Å². The number of nitrogens with two attached hydrogens (primary N) is 1. The van der Waals surface area contributed by atoms with Gasteiger partial charge < -0.3 is 25.4 Å². The molecule has 0 radical (unpaired) electrons. The minimum Gasteiger partial charge on any atom is -0.388 e. The van der Waals surface area contributed by atoms with Crippen LogP contribution in [0.25, 0.3) is 0 Å². The third-order valence-corrected chi connectivity index (χ3v) is 3.93. The first-order valence-corrected chi connectivity index (χ1v) is 7.13.